The molecule has 0 saturated carbocycles. The lowest BCUT2D eigenvalue weighted by Crippen LogP contribution is -2.28. The second-order valence-electron chi connectivity index (χ2n) is 2.84. The van der Waals surface area contributed by atoms with Gasteiger partial charge in [-0.25, -0.2) is 0 Å². The molecule has 0 N–H and O–H groups in total. The number of nitrogens with zero attached hydrogens (tertiary/aromatic N) is 2. The molecule has 1 aromatic heterocycles. The molecule has 0 atom stereocenters. The summed E-state index contributed by atoms with van der Waals surface area (Å²) in [4.78, 5) is 0. The minimum Gasteiger partial charge on any atom is -0.428 e. The van der Waals surface area contributed by atoms with Crippen molar-refractivity contribution in [1.82, 2.24) is 10.2 Å². The number of hydrogen-bond donors (Lipinski definition) is 0. The van der Waals surface area contributed by atoms with Gasteiger partial charge in [0.1, 0.15) is 0 Å². The predicted octanol–water partition coefficient (Wildman–Crippen LogP) is 0.375. The van der Waals surface area contributed by atoms with E-state index in [4.69, 9.17) is 13.9 Å². The molecule has 0 aromatic carbocycles. The Balaban J connectivity index is 2.02. The van der Waals surface area contributed by atoms with E-state index in [1.54, 1.807) is 0 Å². The maximum atomic E-state index is 5.36. The molecule has 2 rings (SSSR count). The third-order valence-corrected chi connectivity index (χ3v) is 1.78. The molecule has 1 fully saturated rings. The van der Waals surface area contributed by atoms with Gasteiger partial charge in [-0.15, -0.1) is 10.2 Å². The van der Waals surface area contributed by atoms with Crippen LogP contribution in [0.15, 0.2) is 10.8 Å². The normalized spacial score (nSPS) is 21.4. The molecule has 0 aliphatic carbocycles. The lowest BCUT2D eigenvalue weighted by atomic mass is 10.2. The molecule has 12 heavy (non-hydrogen) atoms. The van der Waals surface area contributed by atoms with Gasteiger partial charge in [0.2, 0.25) is 12.3 Å². The Bertz CT molecular complexity index is 241. The van der Waals surface area contributed by atoms with E-state index < -0.39 is 5.79 Å². The van der Waals surface area contributed by atoms with Gasteiger partial charge in [-0.05, 0) is 6.92 Å². The maximum Gasteiger partial charge on any atom is 0.221 e. The van der Waals surface area contributed by atoms with E-state index in [9.17, 15) is 0 Å². The Morgan fingerprint density at radius 3 is 2.83 bits per heavy atom. The predicted molar refractivity (Wildman–Crippen MR) is 38.3 cm³/mol. The van der Waals surface area contributed by atoms with Gasteiger partial charge in [-0.2, -0.15) is 0 Å². The molecule has 2 heterocycles. The average Bonchev–Trinajstić information content (AvgIpc) is 2.62. The first kappa shape index (κ1) is 7.70. The van der Waals surface area contributed by atoms with Crippen LogP contribution in [0.5, 0.6) is 0 Å². The quantitative estimate of drug-likeness (QED) is 0.642. The van der Waals surface area contributed by atoms with Crippen LogP contribution in [0.3, 0.4) is 0 Å². The highest BCUT2D eigenvalue weighted by molar-refractivity contribution is 4.83. The summed E-state index contributed by atoms with van der Waals surface area (Å²) < 4.78 is 15.7. The fourth-order valence-electron chi connectivity index (χ4n) is 1.21. The van der Waals surface area contributed by atoms with Crippen molar-refractivity contribution in [3.63, 3.8) is 0 Å². The summed E-state index contributed by atoms with van der Waals surface area (Å²) in [7, 11) is 0. The van der Waals surface area contributed by atoms with Crippen LogP contribution in [0.4, 0.5) is 0 Å². The van der Waals surface area contributed by atoms with Crippen molar-refractivity contribution in [1.29, 1.82) is 0 Å². The fraction of sp³-hybridized carbons (Fsp3) is 0.714. The van der Waals surface area contributed by atoms with Gasteiger partial charge < -0.3 is 13.9 Å². The first-order chi connectivity index (χ1) is 5.79. The molecule has 1 saturated heterocycles. The maximum absolute atomic E-state index is 5.36. The summed E-state index contributed by atoms with van der Waals surface area (Å²) in [6.45, 7) is 3.12. The van der Waals surface area contributed by atoms with Crippen LogP contribution in [0.25, 0.3) is 0 Å². The summed E-state index contributed by atoms with van der Waals surface area (Å²) in [5.41, 5.74) is 0. The van der Waals surface area contributed by atoms with Gasteiger partial charge >= 0.3 is 0 Å². The molecule has 66 valence electrons. The van der Waals surface area contributed by atoms with Crippen molar-refractivity contribution in [2.75, 3.05) is 13.2 Å². The number of ether oxygens (including phenoxy) is 2. The molecular formula is C7H10N2O3. The largest absolute Gasteiger partial charge is 0.428 e. The van der Waals surface area contributed by atoms with Crippen LogP contribution in [-0.2, 0) is 15.9 Å². The van der Waals surface area contributed by atoms with E-state index in [2.05, 4.69) is 10.2 Å². The van der Waals surface area contributed by atoms with E-state index in [-0.39, 0.29) is 0 Å². The Labute approximate surface area is 69.7 Å². The Kier molecular flexibility index (Phi) is 1.82. The highest BCUT2D eigenvalue weighted by atomic mass is 16.7. The van der Waals surface area contributed by atoms with Crippen molar-refractivity contribution in [2.45, 2.75) is 19.1 Å². The second-order valence-corrected chi connectivity index (χ2v) is 2.84. The van der Waals surface area contributed by atoms with Gasteiger partial charge in [-0.3, -0.25) is 0 Å². The zero-order valence-corrected chi connectivity index (χ0v) is 6.82. The molecule has 5 heteroatoms. The minimum absolute atomic E-state index is 0.507. The molecule has 5 nitrogen and oxygen atoms in total. The Morgan fingerprint density at radius 2 is 2.25 bits per heavy atom. The lowest BCUT2D eigenvalue weighted by molar-refractivity contribution is -0.143. The molecule has 0 radical (unpaired) electrons. The highest BCUT2D eigenvalue weighted by Crippen LogP contribution is 2.22. The van der Waals surface area contributed by atoms with E-state index in [1.165, 1.54) is 6.39 Å². The molecule has 1 aliphatic rings. The van der Waals surface area contributed by atoms with Gasteiger partial charge in [-0.1, -0.05) is 0 Å². The van der Waals surface area contributed by atoms with Crippen LogP contribution < -0.4 is 0 Å². The van der Waals surface area contributed by atoms with E-state index in [0.717, 1.165) is 0 Å². The van der Waals surface area contributed by atoms with Crippen LogP contribution in [0.1, 0.15) is 12.8 Å². The second kappa shape index (κ2) is 2.84. The smallest absolute Gasteiger partial charge is 0.221 e. The minimum atomic E-state index is -0.577. The number of rotatable bonds is 2. The highest BCUT2D eigenvalue weighted by Gasteiger charge is 2.32. The van der Waals surface area contributed by atoms with E-state index in [1.807, 2.05) is 6.92 Å². The molecular weight excluding hydrogens is 160 g/mol. The number of aromatic nitrogens is 2. The first-order valence-corrected chi connectivity index (χ1v) is 3.81. The van der Waals surface area contributed by atoms with Crippen molar-refractivity contribution < 1.29 is 13.9 Å². The van der Waals surface area contributed by atoms with Crippen molar-refractivity contribution in [3.8, 4) is 0 Å². The summed E-state index contributed by atoms with van der Waals surface area (Å²) in [6, 6.07) is 0. The summed E-state index contributed by atoms with van der Waals surface area (Å²) in [6.07, 6.45) is 1.81. The van der Waals surface area contributed by atoms with Crippen molar-refractivity contribution in [3.05, 3.63) is 12.3 Å². The zero-order chi connectivity index (χ0) is 8.44. The monoisotopic (exact) mass is 170 g/mol. The lowest BCUT2D eigenvalue weighted by Gasteiger charge is -2.19. The van der Waals surface area contributed by atoms with Gasteiger partial charge in [0, 0.05) is 0 Å². The summed E-state index contributed by atoms with van der Waals surface area (Å²) >= 11 is 0. The molecule has 0 amide bonds. The number of hydrogen-bond acceptors (Lipinski definition) is 5. The first-order valence-electron chi connectivity index (χ1n) is 3.81. The van der Waals surface area contributed by atoms with Gasteiger partial charge in [0.15, 0.2) is 5.79 Å². The van der Waals surface area contributed by atoms with E-state index in [0.29, 0.717) is 25.5 Å². The van der Waals surface area contributed by atoms with Crippen molar-refractivity contribution in [2.24, 2.45) is 0 Å². The van der Waals surface area contributed by atoms with Gasteiger partial charge in [0.25, 0.3) is 0 Å². The third-order valence-electron chi connectivity index (χ3n) is 1.78. The standard InChI is InChI=1S/C7H10N2O3/c1-7(11-2-3-12-7)4-6-9-8-5-10-6/h5H,2-4H2,1H3. The zero-order valence-electron chi connectivity index (χ0n) is 6.82. The molecule has 0 bridgehead atoms. The van der Waals surface area contributed by atoms with Gasteiger partial charge in [0.05, 0.1) is 19.6 Å². The van der Waals surface area contributed by atoms with Crippen LogP contribution in [0.2, 0.25) is 0 Å². The van der Waals surface area contributed by atoms with E-state index >= 15 is 0 Å². The third kappa shape index (κ3) is 1.46. The van der Waals surface area contributed by atoms with Crippen molar-refractivity contribution >= 4 is 0 Å². The fourth-order valence-corrected chi connectivity index (χ4v) is 1.21. The SMILES string of the molecule is CC1(Cc2nnco2)OCCO1. The van der Waals surface area contributed by atoms with Crippen LogP contribution in [-0.4, -0.2) is 29.2 Å². The average molecular weight is 170 g/mol. The summed E-state index contributed by atoms with van der Waals surface area (Å²) in [5, 5.41) is 7.32. The van der Waals surface area contributed by atoms with Crippen LogP contribution >= 0.6 is 0 Å². The molecule has 0 unspecified atom stereocenters. The Hall–Kier alpha value is -0.940. The molecule has 1 aliphatic heterocycles. The summed E-state index contributed by atoms with van der Waals surface area (Å²) in [5.74, 6) is -0.0357. The molecule has 0 spiro atoms. The Morgan fingerprint density at radius 1 is 1.50 bits per heavy atom. The van der Waals surface area contributed by atoms with Crippen LogP contribution in [0, 0.1) is 0 Å². The topological polar surface area (TPSA) is 57.4 Å². The molecule has 1 aromatic rings.